The molecule has 2 atom stereocenters. The Labute approximate surface area is 190 Å². The van der Waals surface area contributed by atoms with Crippen LogP contribution in [0.4, 0.5) is 0 Å². The van der Waals surface area contributed by atoms with Gasteiger partial charge >= 0.3 is 5.97 Å². The minimum Gasteiger partial charge on any atom is -0.484 e. The molecule has 1 fully saturated rings. The van der Waals surface area contributed by atoms with Gasteiger partial charge in [0.15, 0.2) is 6.61 Å². The van der Waals surface area contributed by atoms with Crippen LogP contribution in [0.2, 0.25) is 10.0 Å². The van der Waals surface area contributed by atoms with E-state index in [9.17, 15) is 9.59 Å². The highest BCUT2D eigenvalue weighted by molar-refractivity contribution is 7.99. The number of hydrogen-bond acceptors (Lipinski definition) is 5. The van der Waals surface area contributed by atoms with Crippen molar-refractivity contribution in [3.05, 3.63) is 64.1 Å². The lowest BCUT2D eigenvalue weighted by atomic mass is 10.1. The maximum atomic E-state index is 13.1. The molecular weight excluding hydrogens is 445 g/mol. The van der Waals surface area contributed by atoms with E-state index in [0.717, 1.165) is 18.4 Å². The Morgan fingerprint density at radius 2 is 1.90 bits per heavy atom. The van der Waals surface area contributed by atoms with E-state index < -0.39 is 6.04 Å². The van der Waals surface area contributed by atoms with Gasteiger partial charge in [0.1, 0.15) is 17.2 Å². The molecule has 1 amide bonds. The van der Waals surface area contributed by atoms with E-state index >= 15 is 0 Å². The summed E-state index contributed by atoms with van der Waals surface area (Å²) in [4.78, 5) is 27.4. The van der Waals surface area contributed by atoms with Crippen LogP contribution in [0.15, 0.2) is 48.5 Å². The second kappa shape index (κ2) is 10.9. The number of thioether (sulfide) groups is 1. The summed E-state index contributed by atoms with van der Waals surface area (Å²) in [7, 11) is 0. The standard InChI is InChI=1S/C22H23Cl2NO4S/c1-2-3-11-28-22(27)19-14-30-21(15-5-4-6-17(24)12-15)25(19)20(26)13-29-18-9-7-16(23)8-10-18/h4-10,12,19,21H,2-3,11,13-14H2,1H3. The van der Waals surface area contributed by atoms with E-state index in [1.165, 1.54) is 11.8 Å². The van der Waals surface area contributed by atoms with Crippen molar-refractivity contribution in [1.29, 1.82) is 0 Å². The molecule has 1 aliphatic rings. The fraction of sp³-hybridized carbons (Fsp3) is 0.364. The third-order valence-corrected chi connectivity index (χ3v) is 6.42. The predicted molar refractivity (Wildman–Crippen MR) is 120 cm³/mol. The Kier molecular flexibility index (Phi) is 8.31. The van der Waals surface area contributed by atoms with Crippen molar-refractivity contribution >= 4 is 46.8 Å². The summed E-state index contributed by atoms with van der Waals surface area (Å²) < 4.78 is 11.0. The zero-order valence-electron chi connectivity index (χ0n) is 16.6. The lowest BCUT2D eigenvalue weighted by Gasteiger charge is -2.28. The fourth-order valence-corrected chi connectivity index (χ4v) is 4.82. The van der Waals surface area contributed by atoms with Crippen LogP contribution in [0.5, 0.6) is 5.75 Å². The number of amides is 1. The molecule has 1 saturated heterocycles. The first-order valence-electron chi connectivity index (χ1n) is 9.73. The minimum atomic E-state index is -0.669. The van der Waals surface area contributed by atoms with E-state index in [0.29, 0.717) is 28.2 Å². The van der Waals surface area contributed by atoms with Crippen LogP contribution in [-0.2, 0) is 14.3 Å². The van der Waals surface area contributed by atoms with E-state index in [1.54, 1.807) is 35.2 Å². The SMILES string of the molecule is CCCCOC(=O)C1CSC(c2cccc(Cl)c2)N1C(=O)COc1ccc(Cl)cc1. The van der Waals surface area contributed by atoms with Crippen molar-refractivity contribution in [2.45, 2.75) is 31.2 Å². The summed E-state index contributed by atoms with van der Waals surface area (Å²) in [5.41, 5.74) is 0.858. The Morgan fingerprint density at radius 1 is 1.13 bits per heavy atom. The average molecular weight is 468 g/mol. The molecule has 0 aromatic heterocycles. The van der Waals surface area contributed by atoms with Gasteiger partial charge in [0, 0.05) is 15.8 Å². The van der Waals surface area contributed by atoms with Crippen LogP contribution in [0.3, 0.4) is 0 Å². The maximum Gasteiger partial charge on any atom is 0.329 e. The summed E-state index contributed by atoms with van der Waals surface area (Å²) in [5, 5.41) is 0.821. The van der Waals surface area contributed by atoms with Gasteiger partial charge in [0.25, 0.3) is 5.91 Å². The van der Waals surface area contributed by atoms with Gasteiger partial charge in [-0.05, 0) is 48.4 Å². The molecule has 8 heteroatoms. The number of nitrogens with zero attached hydrogens (tertiary/aromatic N) is 1. The van der Waals surface area contributed by atoms with Crippen LogP contribution in [0.1, 0.15) is 30.7 Å². The highest BCUT2D eigenvalue weighted by atomic mass is 35.5. The molecule has 0 aliphatic carbocycles. The smallest absolute Gasteiger partial charge is 0.329 e. The molecule has 0 saturated carbocycles. The van der Waals surface area contributed by atoms with E-state index in [1.807, 2.05) is 25.1 Å². The second-order valence-corrected chi connectivity index (χ2v) is 8.81. The maximum absolute atomic E-state index is 13.1. The monoisotopic (exact) mass is 467 g/mol. The number of benzene rings is 2. The van der Waals surface area contributed by atoms with Crippen molar-refractivity contribution < 1.29 is 19.1 Å². The van der Waals surface area contributed by atoms with Gasteiger partial charge in [0.2, 0.25) is 0 Å². The Bertz CT molecular complexity index is 878. The fourth-order valence-electron chi connectivity index (χ4n) is 3.07. The van der Waals surface area contributed by atoms with E-state index in [4.69, 9.17) is 32.7 Å². The first kappa shape index (κ1) is 22.8. The largest absolute Gasteiger partial charge is 0.484 e. The van der Waals surface area contributed by atoms with Crippen molar-refractivity contribution in [1.82, 2.24) is 4.90 Å². The summed E-state index contributed by atoms with van der Waals surface area (Å²) >= 11 is 13.5. The van der Waals surface area contributed by atoms with E-state index in [-0.39, 0.29) is 23.9 Å². The molecule has 2 unspecified atom stereocenters. The number of rotatable bonds is 8. The van der Waals surface area contributed by atoms with Crippen LogP contribution >= 0.6 is 35.0 Å². The zero-order chi connectivity index (χ0) is 21.5. The molecule has 30 heavy (non-hydrogen) atoms. The number of hydrogen-bond donors (Lipinski definition) is 0. The number of ether oxygens (including phenoxy) is 2. The topological polar surface area (TPSA) is 55.8 Å². The predicted octanol–water partition coefficient (Wildman–Crippen LogP) is 5.36. The minimum absolute atomic E-state index is 0.196. The van der Waals surface area contributed by atoms with Gasteiger partial charge in [-0.2, -0.15) is 0 Å². The molecule has 1 aliphatic heterocycles. The molecule has 0 radical (unpaired) electrons. The van der Waals surface area contributed by atoms with Gasteiger partial charge in [-0.1, -0.05) is 48.7 Å². The number of esters is 1. The van der Waals surface area contributed by atoms with Gasteiger partial charge in [-0.3, -0.25) is 4.79 Å². The molecule has 160 valence electrons. The third kappa shape index (κ3) is 5.84. The molecule has 2 aromatic carbocycles. The van der Waals surface area contributed by atoms with Gasteiger partial charge in [0.05, 0.1) is 6.61 Å². The number of unbranched alkanes of at least 4 members (excludes halogenated alkanes) is 1. The first-order chi connectivity index (χ1) is 14.5. The number of carbonyl (C=O) groups is 2. The lowest BCUT2D eigenvalue weighted by Crippen LogP contribution is -2.45. The highest BCUT2D eigenvalue weighted by Crippen LogP contribution is 2.42. The second-order valence-electron chi connectivity index (χ2n) is 6.82. The highest BCUT2D eigenvalue weighted by Gasteiger charge is 2.43. The Balaban J connectivity index is 1.77. The van der Waals surface area contributed by atoms with Gasteiger partial charge in [-0.25, -0.2) is 4.79 Å². The van der Waals surface area contributed by atoms with Crippen LogP contribution in [-0.4, -0.2) is 41.8 Å². The lowest BCUT2D eigenvalue weighted by molar-refractivity contribution is -0.154. The Morgan fingerprint density at radius 3 is 2.60 bits per heavy atom. The van der Waals surface area contributed by atoms with Crippen molar-refractivity contribution in [2.24, 2.45) is 0 Å². The molecule has 3 rings (SSSR count). The van der Waals surface area contributed by atoms with Crippen LogP contribution < -0.4 is 4.74 Å². The number of carbonyl (C=O) groups excluding carboxylic acids is 2. The van der Waals surface area contributed by atoms with Gasteiger partial charge in [-0.15, -0.1) is 11.8 Å². The summed E-state index contributed by atoms with van der Waals surface area (Å²) in [6.45, 7) is 2.18. The average Bonchev–Trinajstić information content (AvgIpc) is 3.19. The Hall–Kier alpha value is -1.89. The summed E-state index contributed by atoms with van der Waals surface area (Å²) in [5.74, 6) is 0.299. The van der Waals surface area contributed by atoms with E-state index in [2.05, 4.69) is 0 Å². The van der Waals surface area contributed by atoms with Crippen LogP contribution in [0, 0.1) is 0 Å². The van der Waals surface area contributed by atoms with Crippen molar-refractivity contribution in [3.8, 4) is 5.75 Å². The van der Waals surface area contributed by atoms with Crippen molar-refractivity contribution in [2.75, 3.05) is 19.0 Å². The normalized spacial score (nSPS) is 18.3. The molecule has 0 N–H and O–H groups in total. The number of halogens is 2. The third-order valence-electron chi connectivity index (χ3n) is 4.61. The molecular formula is C22H23Cl2NO4S. The molecule has 0 bridgehead atoms. The first-order valence-corrected chi connectivity index (χ1v) is 11.5. The van der Waals surface area contributed by atoms with Crippen LogP contribution in [0.25, 0.3) is 0 Å². The van der Waals surface area contributed by atoms with Crippen molar-refractivity contribution in [3.63, 3.8) is 0 Å². The summed E-state index contributed by atoms with van der Waals surface area (Å²) in [6, 6.07) is 13.4. The molecule has 1 heterocycles. The zero-order valence-corrected chi connectivity index (χ0v) is 18.9. The van der Waals surface area contributed by atoms with Gasteiger partial charge < -0.3 is 14.4 Å². The summed E-state index contributed by atoms with van der Waals surface area (Å²) in [6.07, 6.45) is 1.71. The molecule has 5 nitrogen and oxygen atoms in total. The molecule has 2 aromatic rings. The quantitative estimate of drug-likeness (QED) is 0.386. The molecule has 0 spiro atoms.